The van der Waals surface area contributed by atoms with E-state index in [4.69, 9.17) is 0 Å². The molecule has 1 aliphatic rings. The highest BCUT2D eigenvalue weighted by Gasteiger charge is 2.19. The molecule has 1 aliphatic heterocycles. The average Bonchev–Trinajstić information content (AvgIpc) is 2.72. The zero-order chi connectivity index (χ0) is 11.8. The lowest BCUT2D eigenvalue weighted by atomic mass is 10.3. The third kappa shape index (κ3) is 1.95. The number of carbonyl (C=O) groups is 1. The summed E-state index contributed by atoms with van der Waals surface area (Å²) in [6, 6.07) is 4.53. The minimum absolute atomic E-state index is 0.00156. The van der Waals surface area contributed by atoms with Crippen LogP contribution in [0.4, 0.5) is 9.52 Å². The quantitative estimate of drug-likeness (QED) is 0.832. The van der Waals surface area contributed by atoms with Crippen molar-refractivity contribution in [2.75, 3.05) is 24.5 Å². The van der Waals surface area contributed by atoms with Crippen molar-refractivity contribution in [1.82, 2.24) is 10.3 Å². The number of piperazine rings is 1. The maximum absolute atomic E-state index is 13.1. The Labute approximate surface area is 101 Å². The van der Waals surface area contributed by atoms with Gasteiger partial charge in [-0.2, -0.15) is 0 Å². The number of hydrogen-bond acceptors (Lipinski definition) is 4. The Bertz CT molecular complexity index is 583. The van der Waals surface area contributed by atoms with Gasteiger partial charge in [0.2, 0.25) is 5.91 Å². The summed E-state index contributed by atoms with van der Waals surface area (Å²) in [5.41, 5.74) is 0.775. The van der Waals surface area contributed by atoms with Crippen LogP contribution in [0, 0.1) is 5.82 Å². The number of thiazole rings is 1. The molecule has 1 saturated heterocycles. The number of hydrogen-bond donors (Lipinski definition) is 1. The molecule has 0 bridgehead atoms. The van der Waals surface area contributed by atoms with Gasteiger partial charge in [0.05, 0.1) is 16.8 Å². The summed E-state index contributed by atoms with van der Waals surface area (Å²) in [5.74, 6) is -0.259. The lowest BCUT2D eigenvalue weighted by Gasteiger charge is -2.25. The number of halogens is 1. The van der Waals surface area contributed by atoms with Gasteiger partial charge in [-0.15, -0.1) is 0 Å². The molecule has 4 nitrogen and oxygen atoms in total. The second-order valence-electron chi connectivity index (χ2n) is 3.88. The largest absolute Gasteiger partial charge is 0.353 e. The molecule has 0 radical (unpaired) electrons. The lowest BCUT2D eigenvalue weighted by molar-refractivity contribution is -0.120. The van der Waals surface area contributed by atoms with E-state index >= 15 is 0 Å². The number of nitrogens with one attached hydrogen (secondary N) is 1. The van der Waals surface area contributed by atoms with Crippen LogP contribution >= 0.6 is 11.3 Å². The topological polar surface area (TPSA) is 45.2 Å². The Morgan fingerprint density at radius 2 is 2.35 bits per heavy atom. The van der Waals surface area contributed by atoms with Crippen LogP contribution in [0.1, 0.15) is 0 Å². The second kappa shape index (κ2) is 3.96. The van der Waals surface area contributed by atoms with Crippen LogP contribution in [0.25, 0.3) is 10.2 Å². The van der Waals surface area contributed by atoms with E-state index in [9.17, 15) is 9.18 Å². The normalized spacial score (nSPS) is 16.3. The number of anilines is 1. The Kier molecular flexibility index (Phi) is 2.44. The molecule has 88 valence electrons. The first-order chi connectivity index (χ1) is 8.22. The number of benzene rings is 1. The summed E-state index contributed by atoms with van der Waals surface area (Å²) >= 11 is 1.41. The van der Waals surface area contributed by atoms with E-state index in [1.807, 2.05) is 4.90 Å². The zero-order valence-corrected chi connectivity index (χ0v) is 9.76. The van der Waals surface area contributed by atoms with E-state index in [2.05, 4.69) is 10.3 Å². The van der Waals surface area contributed by atoms with E-state index < -0.39 is 0 Å². The van der Waals surface area contributed by atoms with Crippen molar-refractivity contribution in [3.05, 3.63) is 24.0 Å². The number of rotatable bonds is 1. The molecule has 0 saturated carbocycles. The maximum atomic E-state index is 13.1. The minimum Gasteiger partial charge on any atom is -0.353 e. The Morgan fingerprint density at radius 1 is 1.47 bits per heavy atom. The Hall–Kier alpha value is -1.69. The smallest absolute Gasteiger partial charge is 0.239 e. The monoisotopic (exact) mass is 251 g/mol. The SMILES string of the molecule is O=C1CN(c2nc3ccc(F)cc3s2)CCN1. The van der Waals surface area contributed by atoms with Crippen molar-refractivity contribution in [2.24, 2.45) is 0 Å². The van der Waals surface area contributed by atoms with Crippen LogP contribution in [0.3, 0.4) is 0 Å². The molecule has 3 rings (SSSR count). The van der Waals surface area contributed by atoms with E-state index in [0.29, 0.717) is 13.1 Å². The molecule has 1 aromatic carbocycles. The molecule has 6 heteroatoms. The molecule has 0 spiro atoms. The molecule has 0 atom stereocenters. The number of aromatic nitrogens is 1. The molecule has 1 aromatic heterocycles. The van der Waals surface area contributed by atoms with Gasteiger partial charge in [0.1, 0.15) is 5.82 Å². The Morgan fingerprint density at radius 3 is 3.18 bits per heavy atom. The number of fused-ring (bicyclic) bond motifs is 1. The van der Waals surface area contributed by atoms with Crippen molar-refractivity contribution in [3.63, 3.8) is 0 Å². The summed E-state index contributed by atoms with van der Waals surface area (Å²) in [6.45, 7) is 1.69. The summed E-state index contributed by atoms with van der Waals surface area (Å²) in [6.07, 6.45) is 0. The fourth-order valence-corrected chi connectivity index (χ4v) is 2.84. The van der Waals surface area contributed by atoms with Gasteiger partial charge in [-0.3, -0.25) is 4.79 Å². The minimum atomic E-state index is -0.260. The fourth-order valence-electron chi connectivity index (χ4n) is 1.82. The Balaban J connectivity index is 1.97. The molecule has 1 fully saturated rings. The van der Waals surface area contributed by atoms with Crippen LogP contribution in [-0.2, 0) is 4.79 Å². The standard InChI is InChI=1S/C11H10FN3OS/c12-7-1-2-8-9(5-7)17-11(14-8)15-4-3-13-10(16)6-15/h1-2,5H,3-4,6H2,(H,13,16). The number of amides is 1. The third-order valence-corrected chi connectivity index (χ3v) is 3.73. The first-order valence-corrected chi connectivity index (χ1v) is 6.12. The highest BCUT2D eigenvalue weighted by molar-refractivity contribution is 7.22. The van der Waals surface area contributed by atoms with Gasteiger partial charge < -0.3 is 10.2 Å². The molecular formula is C11H10FN3OS. The van der Waals surface area contributed by atoms with E-state index in [-0.39, 0.29) is 11.7 Å². The van der Waals surface area contributed by atoms with Crippen molar-refractivity contribution >= 4 is 32.6 Å². The maximum Gasteiger partial charge on any atom is 0.239 e. The number of carbonyl (C=O) groups excluding carboxylic acids is 1. The summed E-state index contributed by atoms with van der Waals surface area (Å²) < 4.78 is 13.9. The predicted molar refractivity (Wildman–Crippen MR) is 64.8 cm³/mol. The molecular weight excluding hydrogens is 241 g/mol. The highest BCUT2D eigenvalue weighted by Crippen LogP contribution is 2.29. The summed E-state index contributed by atoms with van der Waals surface area (Å²) in [7, 11) is 0. The second-order valence-corrected chi connectivity index (χ2v) is 4.89. The van der Waals surface area contributed by atoms with Crippen LogP contribution in [0.15, 0.2) is 18.2 Å². The van der Waals surface area contributed by atoms with Gasteiger partial charge in [0.15, 0.2) is 5.13 Å². The average molecular weight is 251 g/mol. The summed E-state index contributed by atoms with van der Waals surface area (Å²) in [4.78, 5) is 17.6. The molecule has 2 heterocycles. The first-order valence-electron chi connectivity index (χ1n) is 5.30. The van der Waals surface area contributed by atoms with E-state index in [1.165, 1.54) is 23.5 Å². The molecule has 0 unspecified atom stereocenters. The molecule has 0 aliphatic carbocycles. The van der Waals surface area contributed by atoms with Crippen LogP contribution < -0.4 is 10.2 Å². The van der Waals surface area contributed by atoms with Crippen molar-refractivity contribution < 1.29 is 9.18 Å². The van der Waals surface area contributed by atoms with Crippen molar-refractivity contribution in [1.29, 1.82) is 0 Å². The number of nitrogens with zero attached hydrogens (tertiary/aromatic N) is 2. The van der Waals surface area contributed by atoms with Gasteiger partial charge >= 0.3 is 0 Å². The predicted octanol–water partition coefficient (Wildman–Crippen LogP) is 1.37. The molecule has 17 heavy (non-hydrogen) atoms. The molecule has 1 N–H and O–H groups in total. The van der Waals surface area contributed by atoms with E-state index in [1.54, 1.807) is 6.07 Å². The van der Waals surface area contributed by atoms with Gasteiger partial charge in [-0.05, 0) is 18.2 Å². The van der Waals surface area contributed by atoms with Gasteiger partial charge in [0.25, 0.3) is 0 Å². The van der Waals surface area contributed by atoms with Crippen LogP contribution in [-0.4, -0.2) is 30.5 Å². The van der Waals surface area contributed by atoms with E-state index in [0.717, 1.165) is 21.9 Å². The van der Waals surface area contributed by atoms with Crippen molar-refractivity contribution in [3.8, 4) is 0 Å². The first kappa shape index (κ1) is 10.5. The van der Waals surface area contributed by atoms with Gasteiger partial charge in [-0.1, -0.05) is 11.3 Å². The highest BCUT2D eigenvalue weighted by atomic mass is 32.1. The third-order valence-electron chi connectivity index (χ3n) is 2.65. The fraction of sp³-hybridized carbons (Fsp3) is 0.273. The van der Waals surface area contributed by atoms with Crippen LogP contribution in [0.5, 0.6) is 0 Å². The lowest BCUT2D eigenvalue weighted by Crippen LogP contribution is -2.47. The van der Waals surface area contributed by atoms with Crippen molar-refractivity contribution in [2.45, 2.75) is 0 Å². The molecule has 1 amide bonds. The summed E-state index contributed by atoms with van der Waals surface area (Å²) in [5, 5.41) is 3.54. The van der Waals surface area contributed by atoms with Gasteiger partial charge in [-0.25, -0.2) is 9.37 Å². The zero-order valence-electron chi connectivity index (χ0n) is 8.94. The molecule has 2 aromatic rings. The van der Waals surface area contributed by atoms with Gasteiger partial charge in [0, 0.05) is 13.1 Å². The van der Waals surface area contributed by atoms with Crippen LogP contribution in [0.2, 0.25) is 0 Å².